The Balaban J connectivity index is 1.95. The number of nitrogens with zero attached hydrogens (tertiary/aromatic N) is 2. The highest BCUT2D eigenvalue weighted by Crippen LogP contribution is 2.33. The van der Waals surface area contributed by atoms with Crippen LogP contribution in [0.2, 0.25) is 0 Å². The molecule has 0 aliphatic heterocycles. The minimum Gasteiger partial charge on any atom is -0.383 e. The summed E-state index contributed by atoms with van der Waals surface area (Å²) >= 11 is 0. The Bertz CT molecular complexity index is 667. The number of non-ortho nitro benzene ring substituents is 1. The Hall–Kier alpha value is -2.21. The number of benzene rings is 1. The van der Waals surface area contributed by atoms with Gasteiger partial charge in [0.1, 0.15) is 0 Å². The first kappa shape index (κ1) is 12.8. The molecule has 1 fully saturated rings. The summed E-state index contributed by atoms with van der Waals surface area (Å²) in [6.45, 7) is 0.683. The maximum Gasteiger partial charge on any atom is 0.278 e. The number of rotatable bonds is 4. The number of hydrogen-bond acceptors (Lipinski definition) is 5. The fourth-order valence-corrected chi connectivity index (χ4v) is 2.57. The maximum atomic E-state index is 11.0. The molecular weight excluding hydrogens is 256 g/mol. The number of nitrogens with two attached hydrogens (primary N) is 1. The summed E-state index contributed by atoms with van der Waals surface area (Å²) < 4.78 is 0. The Morgan fingerprint density at radius 2 is 2.15 bits per heavy atom. The minimum absolute atomic E-state index is 0.0738. The standard InChI is InChI=1S/C14H16N4O2/c15-14(5-1-6-14)9-17-12-2-3-13(18(19)20)11-8-16-7-4-10(11)12/h2-4,7-8,17H,1,5-6,9,15H2. The van der Waals surface area contributed by atoms with Gasteiger partial charge >= 0.3 is 0 Å². The van der Waals surface area contributed by atoms with E-state index in [9.17, 15) is 10.1 Å². The van der Waals surface area contributed by atoms with Crippen LogP contribution in [0.4, 0.5) is 11.4 Å². The second kappa shape index (κ2) is 4.72. The first-order valence-corrected chi connectivity index (χ1v) is 6.63. The predicted molar refractivity (Wildman–Crippen MR) is 77.7 cm³/mol. The number of pyridine rings is 1. The molecule has 3 rings (SSSR count). The number of aromatic nitrogens is 1. The van der Waals surface area contributed by atoms with Gasteiger partial charge in [-0.3, -0.25) is 15.1 Å². The van der Waals surface area contributed by atoms with Gasteiger partial charge in [-0.1, -0.05) is 0 Å². The van der Waals surface area contributed by atoms with E-state index in [1.165, 1.54) is 18.7 Å². The molecule has 1 aromatic carbocycles. The van der Waals surface area contributed by atoms with Gasteiger partial charge in [0.15, 0.2) is 0 Å². The summed E-state index contributed by atoms with van der Waals surface area (Å²) in [5.41, 5.74) is 6.99. The van der Waals surface area contributed by atoms with Gasteiger partial charge in [-0.25, -0.2) is 0 Å². The van der Waals surface area contributed by atoms with Gasteiger partial charge < -0.3 is 11.1 Å². The van der Waals surface area contributed by atoms with E-state index in [-0.39, 0.29) is 16.1 Å². The van der Waals surface area contributed by atoms with Gasteiger partial charge in [-0.15, -0.1) is 0 Å². The lowest BCUT2D eigenvalue weighted by Gasteiger charge is -2.38. The van der Waals surface area contributed by atoms with E-state index in [0.717, 1.165) is 23.9 Å². The quantitative estimate of drug-likeness (QED) is 0.658. The fraction of sp³-hybridized carbons (Fsp3) is 0.357. The van der Waals surface area contributed by atoms with Crippen molar-refractivity contribution in [1.29, 1.82) is 0 Å². The van der Waals surface area contributed by atoms with Crippen LogP contribution in [-0.4, -0.2) is 22.0 Å². The normalized spacial score (nSPS) is 16.6. The monoisotopic (exact) mass is 272 g/mol. The number of nitro groups is 1. The third-order valence-electron chi connectivity index (χ3n) is 3.97. The van der Waals surface area contributed by atoms with E-state index in [1.54, 1.807) is 18.3 Å². The van der Waals surface area contributed by atoms with Crippen molar-refractivity contribution in [2.75, 3.05) is 11.9 Å². The molecule has 2 aromatic rings. The van der Waals surface area contributed by atoms with E-state index in [2.05, 4.69) is 10.3 Å². The molecule has 1 heterocycles. The molecular formula is C14H16N4O2. The van der Waals surface area contributed by atoms with Crippen LogP contribution in [0.1, 0.15) is 19.3 Å². The van der Waals surface area contributed by atoms with Gasteiger partial charge in [-0.2, -0.15) is 0 Å². The lowest BCUT2D eigenvalue weighted by molar-refractivity contribution is -0.383. The van der Waals surface area contributed by atoms with Crippen LogP contribution >= 0.6 is 0 Å². The van der Waals surface area contributed by atoms with Gasteiger partial charge in [0.2, 0.25) is 0 Å². The summed E-state index contributed by atoms with van der Waals surface area (Å²) in [4.78, 5) is 14.6. The van der Waals surface area contributed by atoms with Crippen molar-refractivity contribution in [1.82, 2.24) is 4.98 Å². The highest BCUT2D eigenvalue weighted by molar-refractivity contribution is 5.99. The number of hydrogen-bond donors (Lipinski definition) is 2. The van der Waals surface area contributed by atoms with Crippen LogP contribution in [0.15, 0.2) is 30.6 Å². The minimum atomic E-state index is -0.385. The van der Waals surface area contributed by atoms with Crippen molar-refractivity contribution in [3.05, 3.63) is 40.7 Å². The summed E-state index contributed by atoms with van der Waals surface area (Å²) in [7, 11) is 0. The third kappa shape index (κ3) is 2.18. The molecule has 1 aliphatic rings. The van der Waals surface area contributed by atoms with Gasteiger partial charge in [0.25, 0.3) is 5.69 Å². The SMILES string of the molecule is NC1(CNc2ccc([N+](=O)[O-])c3cnccc23)CCC1. The average molecular weight is 272 g/mol. The molecule has 20 heavy (non-hydrogen) atoms. The Kier molecular flexibility index (Phi) is 3.02. The van der Waals surface area contributed by atoms with E-state index in [0.29, 0.717) is 11.9 Å². The van der Waals surface area contributed by atoms with Crippen molar-refractivity contribution in [3.63, 3.8) is 0 Å². The maximum absolute atomic E-state index is 11.0. The van der Waals surface area contributed by atoms with E-state index >= 15 is 0 Å². The molecule has 6 nitrogen and oxygen atoms in total. The zero-order valence-electron chi connectivity index (χ0n) is 11.0. The van der Waals surface area contributed by atoms with Crippen LogP contribution < -0.4 is 11.1 Å². The predicted octanol–water partition coefficient (Wildman–Crippen LogP) is 2.44. The molecule has 1 aromatic heterocycles. The van der Waals surface area contributed by atoms with Crippen molar-refractivity contribution in [2.45, 2.75) is 24.8 Å². The summed E-state index contributed by atoms with van der Waals surface area (Å²) in [5, 5.41) is 15.7. The Labute approximate surface area is 116 Å². The molecule has 3 N–H and O–H groups in total. The van der Waals surface area contributed by atoms with Gasteiger partial charge in [0, 0.05) is 41.6 Å². The second-order valence-corrected chi connectivity index (χ2v) is 5.38. The van der Waals surface area contributed by atoms with Crippen molar-refractivity contribution in [2.24, 2.45) is 5.73 Å². The van der Waals surface area contributed by atoms with Crippen molar-refractivity contribution in [3.8, 4) is 0 Å². The van der Waals surface area contributed by atoms with Crippen molar-refractivity contribution < 1.29 is 4.92 Å². The highest BCUT2D eigenvalue weighted by Gasteiger charge is 2.32. The molecule has 0 radical (unpaired) electrons. The number of nitrogens with one attached hydrogen (secondary N) is 1. The van der Waals surface area contributed by atoms with Crippen LogP contribution in [-0.2, 0) is 0 Å². The van der Waals surface area contributed by atoms with E-state index < -0.39 is 0 Å². The zero-order valence-corrected chi connectivity index (χ0v) is 11.0. The van der Waals surface area contributed by atoms with Crippen LogP contribution in [0.25, 0.3) is 10.8 Å². The molecule has 0 spiro atoms. The van der Waals surface area contributed by atoms with Crippen LogP contribution in [0, 0.1) is 10.1 Å². The third-order valence-corrected chi connectivity index (χ3v) is 3.97. The number of fused-ring (bicyclic) bond motifs is 1. The topological polar surface area (TPSA) is 94.1 Å². The molecule has 6 heteroatoms. The lowest BCUT2D eigenvalue weighted by Crippen LogP contribution is -2.51. The van der Waals surface area contributed by atoms with Gasteiger partial charge in [0.05, 0.1) is 10.3 Å². The molecule has 0 unspecified atom stereocenters. The lowest BCUT2D eigenvalue weighted by atomic mass is 9.78. The van der Waals surface area contributed by atoms with E-state index in [1.807, 2.05) is 0 Å². The average Bonchev–Trinajstić information content (AvgIpc) is 2.42. The van der Waals surface area contributed by atoms with E-state index in [4.69, 9.17) is 5.73 Å². The Morgan fingerprint density at radius 3 is 2.80 bits per heavy atom. The van der Waals surface area contributed by atoms with Crippen LogP contribution in [0.3, 0.4) is 0 Å². The molecule has 0 amide bonds. The summed E-state index contributed by atoms with van der Waals surface area (Å²) in [5.74, 6) is 0. The summed E-state index contributed by atoms with van der Waals surface area (Å²) in [6, 6.07) is 5.04. The second-order valence-electron chi connectivity index (χ2n) is 5.38. The number of nitro benzene ring substituents is 1. The smallest absolute Gasteiger partial charge is 0.278 e. The largest absolute Gasteiger partial charge is 0.383 e. The first-order chi connectivity index (χ1) is 9.59. The van der Waals surface area contributed by atoms with Crippen LogP contribution in [0.5, 0.6) is 0 Å². The Morgan fingerprint density at radius 1 is 1.35 bits per heavy atom. The molecule has 1 aliphatic carbocycles. The van der Waals surface area contributed by atoms with Crippen molar-refractivity contribution >= 4 is 22.1 Å². The molecule has 0 atom stereocenters. The molecule has 0 bridgehead atoms. The van der Waals surface area contributed by atoms with Gasteiger partial charge in [-0.05, 0) is 31.4 Å². The summed E-state index contributed by atoms with van der Waals surface area (Å²) in [6.07, 6.45) is 6.38. The zero-order chi connectivity index (χ0) is 14.2. The molecule has 0 saturated heterocycles. The molecule has 1 saturated carbocycles. The first-order valence-electron chi connectivity index (χ1n) is 6.63. The fourth-order valence-electron chi connectivity index (χ4n) is 2.57. The molecule has 104 valence electrons. The number of anilines is 1. The highest BCUT2D eigenvalue weighted by atomic mass is 16.6.